The molecule has 1 aliphatic carbocycles. The fourth-order valence-electron chi connectivity index (χ4n) is 1.42. The average Bonchev–Trinajstić information content (AvgIpc) is 2.89. The van der Waals surface area contributed by atoms with Crippen LogP contribution in [0.15, 0.2) is 23.8 Å². The van der Waals surface area contributed by atoms with Gasteiger partial charge in [0.15, 0.2) is 0 Å². The summed E-state index contributed by atoms with van der Waals surface area (Å²) in [6.45, 7) is 5.42. The standard InChI is InChI=1S/C12H20N.2C2H6N.CH3.Hf/c1-3-11(2)13-10-6-9-12-7-4-5-8-12;2*1-3-2;;/h4-5,7,11H,3,6,8-10H2,1-2H3;2*1-2H3;1H3;/q4*-1;+4. The van der Waals surface area contributed by atoms with Crippen LogP contribution in [-0.4, -0.2) is 40.8 Å². The van der Waals surface area contributed by atoms with Crippen molar-refractivity contribution >= 4 is 0 Å². The Kier molecular flexibility index (Phi) is 35.1. The molecule has 122 valence electrons. The molecule has 0 radical (unpaired) electrons. The molecule has 0 amide bonds. The Morgan fingerprint density at radius 2 is 1.67 bits per heavy atom. The summed E-state index contributed by atoms with van der Waals surface area (Å²) in [6, 6.07) is 0.552. The van der Waals surface area contributed by atoms with Gasteiger partial charge >= 0.3 is 25.8 Å². The van der Waals surface area contributed by atoms with Crippen molar-refractivity contribution < 1.29 is 25.8 Å². The molecule has 1 rings (SSSR count). The molecule has 21 heavy (non-hydrogen) atoms. The van der Waals surface area contributed by atoms with Crippen molar-refractivity contribution in [3.8, 4) is 0 Å². The summed E-state index contributed by atoms with van der Waals surface area (Å²) >= 11 is 0. The summed E-state index contributed by atoms with van der Waals surface area (Å²) in [5, 5.41) is 11.6. The molecule has 1 atom stereocenters. The van der Waals surface area contributed by atoms with E-state index in [1.54, 1.807) is 33.8 Å². The Morgan fingerprint density at radius 1 is 1.14 bits per heavy atom. The molecule has 0 aromatic rings. The van der Waals surface area contributed by atoms with E-state index in [4.69, 9.17) is 0 Å². The van der Waals surface area contributed by atoms with Crippen molar-refractivity contribution in [3.63, 3.8) is 0 Å². The van der Waals surface area contributed by atoms with Crippen molar-refractivity contribution in [2.45, 2.75) is 45.6 Å². The van der Waals surface area contributed by atoms with E-state index in [0.717, 1.165) is 6.54 Å². The molecule has 0 saturated heterocycles. The van der Waals surface area contributed by atoms with Crippen LogP contribution in [0, 0.1) is 7.43 Å². The van der Waals surface area contributed by atoms with Gasteiger partial charge in [0.1, 0.15) is 0 Å². The van der Waals surface area contributed by atoms with Gasteiger partial charge in [0.2, 0.25) is 0 Å². The first-order valence-electron chi connectivity index (χ1n) is 7.13. The van der Waals surface area contributed by atoms with E-state index in [1.807, 2.05) is 0 Å². The number of hydrogen-bond donors (Lipinski definition) is 0. The first-order chi connectivity index (χ1) is 9.15. The first-order valence-corrected chi connectivity index (χ1v) is 7.13. The molecule has 0 aliphatic heterocycles. The Bertz CT molecular complexity index is 226. The molecule has 0 spiro atoms. The predicted octanol–water partition coefficient (Wildman–Crippen LogP) is 5.51. The molecule has 4 heteroatoms. The number of nitrogens with zero attached hydrogens (tertiary/aromatic N) is 3. The maximum atomic E-state index is 4.56. The molecule has 1 aliphatic rings. The minimum Gasteiger partial charge on any atom is -0.668 e. The monoisotopic (exact) mass is 461 g/mol. The number of hydrogen-bond acceptors (Lipinski definition) is 0. The van der Waals surface area contributed by atoms with Gasteiger partial charge in [-0.05, 0) is 12.8 Å². The zero-order chi connectivity index (χ0) is 14.9. The number of rotatable bonds is 6. The maximum absolute atomic E-state index is 4.56. The molecule has 0 aromatic carbocycles. The molecule has 3 nitrogen and oxygen atoms in total. The van der Waals surface area contributed by atoms with Crippen LogP contribution in [0.25, 0.3) is 16.0 Å². The average molecular weight is 460 g/mol. The van der Waals surface area contributed by atoms with E-state index in [0.29, 0.717) is 6.04 Å². The van der Waals surface area contributed by atoms with Gasteiger partial charge in [-0.15, -0.1) is 12.6 Å². The molecular formula is C17H35HfN3. The fraction of sp³-hybridized carbons (Fsp3) is 0.706. The Balaban J connectivity index is -0.000000157. The second-order valence-corrected chi connectivity index (χ2v) is 4.62. The second-order valence-electron chi connectivity index (χ2n) is 4.62. The third-order valence-corrected chi connectivity index (χ3v) is 2.54. The summed E-state index contributed by atoms with van der Waals surface area (Å²) in [7, 11) is 7.00. The van der Waals surface area contributed by atoms with Crippen molar-refractivity contribution in [1.82, 2.24) is 0 Å². The van der Waals surface area contributed by atoms with Crippen LogP contribution >= 0.6 is 0 Å². The van der Waals surface area contributed by atoms with Crippen molar-refractivity contribution in [3.05, 3.63) is 47.2 Å². The summed E-state index contributed by atoms with van der Waals surface area (Å²) < 4.78 is 0. The maximum Gasteiger partial charge on any atom is 4.00 e. The van der Waals surface area contributed by atoms with Crippen LogP contribution in [0.3, 0.4) is 0 Å². The normalized spacial score (nSPS) is 12.6. The van der Waals surface area contributed by atoms with Crippen molar-refractivity contribution in [1.29, 1.82) is 0 Å². The predicted molar refractivity (Wildman–Crippen MR) is 95.9 cm³/mol. The molecule has 0 aromatic heterocycles. The van der Waals surface area contributed by atoms with Crippen LogP contribution < -0.4 is 0 Å². The Hall–Kier alpha value is 0.230. The van der Waals surface area contributed by atoms with Gasteiger partial charge < -0.3 is 23.4 Å². The van der Waals surface area contributed by atoms with E-state index in [-0.39, 0.29) is 33.3 Å². The van der Waals surface area contributed by atoms with Gasteiger partial charge in [0.05, 0.1) is 0 Å². The molecule has 0 N–H and O–H groups in total. The van der Waals surface area contributed by atoms with Crippen molar-refractivity contribution in [2.24, 2.45) is 0 Å². The third kappa shape index (κ3) is 25.5. The summed E-state index contributed by atoms with van der Waals surface area (Å²) in [5.41, 5.74) is 1.57. The fourth-order valence-corrected chi connectivity index (χ4v) is 1.42. The first kappa shape index (κ1) is 29.3. The molecular weight excluding hydrogens is 425 g/mol. The van der Waals surface area contributed by atoms with Gasteiger partial charge in [-0.3, -0.25) is 0 Å². The van der Waals surface area contributed by atoms with Crippen LogP contribution in [0.5, 0.6) is 0 Å². The molecule has 1 unspecified atom stereocenters. The van der Waals surface area contributed by atoms with E-state index >= 15 is 0 Å². The number of allylic oxidation sites excluding steroid dienone is 4. The SMILES string of the molecule is CCC(C)[N-]CCCC1=CC=CC1.C[N-]C.C[N-]C.[CH3-].[Hf+4]. The second kappa shape index (κ2) is 25.2. The van der Waals surface area contributed by atoms with Crippen molar-refractivity contribution in [2.75, 3.05) is 34.7 Å². The van der Waals surface area contributed by atoms with Gasteiger partial charge in [0.25, 0.3) is 0 Å². The van der Waals surface area contributed by atoms with Gasteiger partial charge in [-0.1, -0.05) is 50.5 Å². The van der Waals surface area contributed by atoms with Crippen LogP contribution in [0.1, 0.15) is 39.5 Å². The van der Waals surface area contributed by atoms with E-state index in [9.17, 15) is 0 Å². The van der Waals surface area contributed by atoms with Crippen LogP contribution in [0.4, 0.5) is 0 Å². The van der Waals surface area contributed by atoms with Gasteiger partial charge in [0, 0.05) is 0 Å². The molecule has 0 fully saturated rings. The molecule has 0 heterocycles. The summed E-state index contributed by atoms with van der Waals surface area (Å²) in [5.74, 6) is 0. The smallest absolute Gasteiger partial charge is 0.668 e. The van der Waals surface area contributed by atoms with Crippen LogP contribution in [0.2, 0.25) is 0 Å². The molecule has 0 bridgehead atoms. The minimum absolute atomic E-state index is 0. The van der Waals surface area contributed by atoms with E-state index in [1.165, 1.54) is 25.7 Å². The Morgan fingerprint density at radius 3 is 2.05 bits per heavy atom. The Labute approximate surface area is 153 Å². The minimum atomic E-state index is 0. The summed E-state index contributed by atoms with van der Waals surface area (Å²) in [4.78, 5) is 0. The third-order valence-electron chi connectivity index (χ3n) is 2.54. The molecule has 0 saturated carbocycles. The zero-order valence-corrected chi connectivity index (χ0v) is 18.8. The van der Waals surface area contributed by atoms with Crippen LogP contribution in [-0.2, 0) is 25.8 Å². The topological polar surface area (TPSA) is 42.3 Å². The quantitative estimate of drug-likeness (QED) is 0.285. The largest absolute Gasteiger partial charge is 4.00 e. The van der Waals surface area contributed by atoms with Gasteiger partial charge in [-0.2, -0.15) is 28.2 Å². The summed E-state index contributed by atoms with van der Waals surface area (Å²) in [6.07, 6.45) is 11.4. The van der Waals surface area contributed by atoms with Gasteiger partial charge in [-0.25, -0.2) is 0 Å². The zero-order valence-electron chi connectivity index (χ0n) is 15.2. The van der Waals surface area contributed by atoms with E-state index in [2.05, 4.69) is 48.0 Å². The van der Waals surface area contributed by atoms with E-state index < -0.39 is 0 Å².